The lowest BCUT2D eigenvalue weighted by molar-refractivity contribution is -0.117. The number of hydrogen-bond acceptors (Lipinski definition) is 5. The van der Waals surface area contributed by atoms with Crippen LogP contribution in [0.2, 0.25) is 0 Å². The fourth-order valence-electron chi connectivity index (χ4n) is 3.60. The molecule has 30 heavy (non-hydrogen) atoms. The standard InChI is InChI=1S/C21H25F2N3O3S/c1-15-6-5-7-16(2)20(15)24-19(27)14-25-10-12-26(13-11-25)17-8-3-4-9-18(17)30(28,29)21(22)23/h3-9,21H,10-14H2,1-2H3,(H,24,27). The smallest absolute Gasteiger partial charge is 0.341 e. The number of halogens is 2. The van der Waals surface area contributed by atoms with Crippen molar-refractivity contribution in [2.75, 3.05) is 42.9 Å². The number of benzene rings is 2. The molecule has 2 aromatic rings. The Morgan fingerprint density at radius 1 is 1.00 bits per heavy atom. The van der Waals surface area contributed by atoms with Crippen molar-refractivity contribution >= 4 is 27.1 Å². The number of amides is 1. The Morgan fingerprint density at radius 2 is 1.60 bits per heavy atom. The number of para-hydroxylation sites is 2. The van der Waals surface area contributed by atoms with Gasteiger partial charge in [-0.2, -0.15) is 8.78 Å². The van der Waals surface area contributed by atoms with E-state index in [9.17, 15) is 22.0 Å². The van der Waals surface area contributed by atoms with E-state index in [1.54, 1.807) is 17.0 Å². The Kier molecular flexibility index (Phi) is 6.72. The normalized spacial score (nSPS) is 15.4. The molecule has 0 saturated carbocycles. The number of anilines is 2. The third-order valence-corrected chi connectivity index (χ3v) is 6.66. The van der Waals surface area contributed by atoms with E-state index in [0.29, 0.717) is 26.2 Å². The number of sulfone groups is 1. The van der Waals surface area contributed by atoms with Crippen LogP contribution >= 0.6 is 0 Å². The van der Waals surface area contributed by atoms with Gasteiger partial charge in [-0.1, -0.05) is 30.3 Å². The molecule has 0 atom stereocenters. The summed E-state index contributed by atoms with van der Waals surface area (Å²) in [6.45, 7) is 5.99. The van der Waals surface area contributed by atoms with Crippen molar-refractivity contribution in [3.8, 4) is 0 Å². The second-order valence-electron chi connectivity index (χ2n) is 7.35. The van der Waals surface area contributed by atoms with Crippen molar-refractivity contribution in [3.63, 3.8) is 0 Å². The Labute approximate surface area is 175 Å². The molecule has 6 nitrogen and oxygen atoms in total. The minimum absolute atomic E-state index is 0.124. The van der Waals surface area contributed by atoms with E-state index in [1.807, 2.05) is 36.9 Å². The van der Waals surface area contributed by atoms with Crippen molar-refractivity contribution in [2.24, 2.45) is 0 Å². The van der Waals surface area contributed by atoms with Crippen molar-refractivity contribution in [1.82, 2.24) is 4.90 Å². The van der Waals surface area contributed by atoms with E-state index < -0.39 is 15.6 Å². The highest BCUT2D eigenvalue weighted by Crippen LogP contribution is 2.29. The Hall–Kier alpha value is -2.52. The lowest BCUT2D eigenvalue weighted by atomic mass is 10.1. The molecule has 0 unspecified atom stereocenters. The summed E-state index contributed by atoms with van der Waals surface area (Å²) in [5.41, 5.74) is 3.07. The minimum atomic E-state index is -4.68. The molecular formula is C21H25F2N3O3S. The predicted octanol–water partition coefficient (Wildman–Crippen LogP) is 3.06. The first-order valence-corrected chi connectivity index (χ1v) is 11.2. The molecule has 0 radical (unpaired) electrons. The predicted molar refractivity (Wildman–Crippen MR) is 113 cm³/mol. The number of aryl methyl sites for hydroxylation is 2. The largest absolute Gasteiger partial charge is 0.368 e. The molecule has 1 saturated heterocycles. The number of nitrogens with one attached hydrogen (secondary N) is 1. The molecule has 1 aliphatic rings. The van der Waals surface area contributed by atoms with E-state index >= 15 is 0 Å². The first-order valence-electron chi connectivity index (χ1n) is 9.64. The second kappa shape index (κ2) is 9.09. The second-order valence-corrected chi connectivity index (χ2v) is 9.24. The zero-order valence-corrected chi connectivity index (χ0v) is 17.8. The third-order valence-electron chi connectivity index (χ3n) is 5.23. The summed E-state index contributed by atoms with van der Waals surface area (Å²) in [7, 11) is -4.68. The molecule has 1 aliphatic heterocycles. The minimum Gasteiger partial charge on any atom is -0.368 e. The fourth-order valence-corrected chi connectivity index (χ4v) is 4.54. The topological polar surface area (TPSA) is 69.7 Å². The zero-order chi connectivity index (χ0) is 21.9. The van der Waals surface area contributed by atoms with E-state index in [1.165, 1.54) is 12.1 Å². The van der Waals surface area contributed by atoms with Gasteiger partial charge in [0.1, 0.15) is 0 Å². The van der Waals surface area contributed by atoms with Gasteiger partial charge in [0.15, 0.2) is 0 Å². The van der Waals surface area contributed by atoms with E-state index in [4.69, 9.17) is 0 Å². The summed E-state index contributed by atoms with van der Waals surface area (Å²) in [5, 5.41) is 2.95. The number of hydrogen-bond donors (Lipinski definition) is 1. The maximum atomic E-state index is 13.0. The number of carbonyl (C=O) groups is 1. The van der Waals surface area contributed by atoms with Gasteiger partial charge >= 0.3 is 5.76 Å². The molecule has 2 aromatic carbocycles. The summed E-state index contributed by atoms with van der Waals surface area (Å²) >= 11 is 0. The molecule has 9 heteroatoms. The molecule has 0 aliphatic carbocycles. The van der Waals surface area contributed by atoms with Gasteiger partial charge in [0.25, 0.3) is 0 Å². The zero-order valence-electron chi connectivity index (χ0n) is 16.9. The number of nitrogens with zero attached hydrogens (tertiary/aromatic N) is 2. The molecule has 0 spiro atoms. The van der Waals surface area contributed by atoms with Gasteiger partial charge in [-0.15, -0.1) is 0 Å². The SMILES string of the molecule is Cc1cccc(C)c1NC(=O)CN1CCN(c2ccccc2S(=O)(=O)C(F)F)CC1. The van der Waals surface area contributed by atoms with Crippen LogP contribution in [0, 0.1) is 13.8 Å². The molecule has 162 valence electrons. The van der Waals surface area contributed by atoms with Crippen LogP contribution in [0.15, 0.2) is 47.4 Å². The lowest BCUT2D eigenvalue weighted by Gasteiger charge is -2.36. The quantitative estimate of drug-likeness (QED) is 0.752. The first-order chi connectivity index (χ1) is 14.2. The van der Waals surface area contributed by atoms with Crippen molar-refractivity contribution < 1.29 is 22.0 Å². The molecule has 0 aromatic heterocycles. The van der Waals surface area contributed by atoms with Gasteiger partial charge in [-0.05, 0) is 37.1 Å². The highest BCUT2D eigenvalue weighted by Gasteiger charge is 2.31. The number of rotatable bonds is 6. The summed E-state index contributed by atoms with van der Waals surface area (Å²) in [5.74, 6) is -3.59. The fraction of sp³-hybridized carbons (Fsp3) is 0.381. The number of carbonyl (C=O) groups excluding carboxylic acids is 1. The van der Waals surface area contributed by atoms with Gasteiger partial charge < -0.3 is 10.2 Å². The maximum absolute atomic E-state index is 13.0. The van der Waals surface area contributed by atoms with Crippen LogP contribution in [-0.4, -0.2) is 57.7 Å². The third kappa shape index (κ3) is 4.79. The van der Waals surface area contributed by atoms with Crippen LogP contribution in [0.5, 0.6) is 0 Å². The Morgan fingerprint density at radius 3 is 2.20 bits per heavy atom. The summed E-state index contributed by atoms with van der Waals surface area (Å²) in [6, 6.07) is 11.6. The molecular weight excluding hydrogens is 412 g/mol. The highest BCUT2D eigenvalue weighted by atomic mass is 32.2. The Bertz CT molecular complexity index is 1000. The number of piperazine rings is 1. The van der Waals surface area contributed by atoms with Crippen LogP contribution < -0.4 is 10.2 Å². The monoisotopic (exact) mass is 437 g/mol. The molecule has 1 heterocycles. The van der Waals surface area contributed by atoms with Crippen LogP contribution in [-0.2, 0) is 14.6 Å². The van der Waals surface area contributed by atoms with Crippen LogP contribution in [0.3, 0.4) is 0 Å². The van der Waals surface area contributed by atoms with E-state index in [-0.39, 0.29) is 23.0 Å². The summed E-state index contributed by atoms with van der Waals surface area (Å²) in [6.07, 6.45) is 0. The number of alkyl halides is 2. The average molecular weight is 438 g/mol. The van der Waals surface area contributed by atoms with E-state index in [0.717, 1.165) is 16.8 Å². The van der Waals surface area contributed by atoms with E-state index in [2.05, 4.69) is 5.32 Å². The highest BCUT2D eigenvalue weighted by molar-refractivity contribution is 7.91. The average Bonchev–Trinajstić information content (AvgIpc) is 2.71. The van der Waals surface area contributed by atoms with Gasteiger partial charge in [0.2, 0.25) is 15.7 Å². The lowest BCUT2D eigenvalue weighted by Crippen LogP contribution is -2.49. The first kappa shape index (κ1) is 22.2. The molecule has 0 bridgehead atoms. The molecule has 1 amide bonds. The molecule has 1 fully saturated rings. The molecule has 1 N–H and O–H groups in total. The van der Waals surface area contributed by atoms with Crippen LogP contribution in [0.1, 0.15) is 11.1 Å². The van der Waals surface area contributed by atoms with Crippen molar-refractivity contribution in [2.45, 2.75) is 24.5 Å². The van der Waals surface area contributed by atoms with Crippen molar-refractivity contribution in [1.29, 1.82) is 0 Å². The van der Waals surface area contributed by atoms with Crippen LogP contribution in [0.25, 0.3) is 0 Å². The van der Waals surface area contributed by atoms with Gasteiger partial charge in [-0.3, -0.25) is 9.69 Å². The Balaban J connectivity index is 1.63. The maximum Gasteiger partial charge on any atom is 0.341 e. The summed E-state index contributed by atoms with van der Waals surface area (Å²) < 4.78 is 50.0. The van der Waals surface area contributed by atoms with Gasteiger partial charge in [-0.25, -0.2) is 8.42 Å². The van der Waals surface area contributed by atoms with Gasteiger partial charge in [0, 0.05) is 31.9 Å². The van der Waals surface area contributed by atoms with Gasteiger partial charge in [0.05, 0.1) is 17.1 Å². The summed E-state index contributed by atoms with van der Waals surface area (Å²) in [4.78, 5) is 15.8. The molecule has 3 rings (SSSR count). The van der Waals surface area contributed by atoms with Crippen LogP contribution in [0.4, 0.5) is 20.2 Å². The van der Waals surface area contributed by atoms with Crippen molar-refractivity contribution in [3.05, 3.63) is 53.6 Å².